The molecule has 0 unspecified atom stereocenters. The fraction of sp³-hybridized carbons (Fsp3) is 0. The van der Waals surface area contributed by atoms with E-state index in [-0.39, 0.29) is 11.4 Å². The summed E-state index contributed by atoms with van der Waals surface area (Å²) in [6.45, 7) is 0. The van der Waals surface area contributed by atoms with Crippen LogP contribution in [-0.4, -0.2) is 0 Å². The summed E-state index contributed by atoms with van der Waals surface area (Å²) in [4.78, 5) is 0.921. The van der Waals surface area contributed by atoms with Crippen molar-refractivity contribution in [3.05, 3.63) is 0 Å². The van der Waals surface area contributed by atoms with Crippen LogP contribution >= 0.6 is 25.3 Å². The van der Waals surface area contributed by atoms with E-state index in [1.54, 1.807) is 0 Å². The van der Waals surface area contributed by atoms with Crippen LogP contribution in [0.3, 0.4) is 0 Å². The second kappa shape index (κ2) is 2.87. The van der Waals surface area contributed by atoms with E-state index in [4.69, 9.17) is 22.9 Å². The van der Waals surface area contributed by atoms with E-state index in [0.717, 1.165) is 0 Å². The lowest BCUT2D eigenvalue weighted by Crippen LogP contribution is -2.05. The van der Waals surface area contributed by atoms with Crippen LogP contribution in [0.5, 0.6) is 0 Å². The molecule has 1 rings (SSSR count). The van der Waals surface area contributed by atoms with Crippen LogP contribution in [0.25, 0.3) is 0 Å². The molecular weight excluding hydrogens is 192 g/mol. The van der Waals surface area contributed by atoms with E-state index >= 15 is 0 Å². The Morgan fingerprint density at radius 3 is 1.08 bits per heavy atom. The SMILES string of the molecule is Nc1c(N)c(N)c(S)c(S)c1N. The predicted molar refractivity (Wildman–Crippen MR) is 58.6 cm³/mol. The molecule has 66 valence electrons. The molecule has 0 radical (unpaired) electrons. The van der Waals surface area contributed by atoms with Gasteiger partial charge in [-0.3, -0.25) is 0 Å². The van der Waals surface area contributed by atoms with E-state index in [9.17, 15) is 0 Å². The Morgan fingerprint density at radius 1 is 0.583 bits per heavy atom. The molecule has 12 heavy (non-hydrogen) atoms. The van der Waals surface area contributed by atoms with Gasteiger partial charge in [0.15, 0.2) is 0 Å². The Hall–Kier alpha value is -0.880. The number of hydrogen-bond acceptors (Lipinski definition) is 6. The average molecular weight is 202 g/mol. The van der Waals surface area contributed by atoms with Crippen LogP contribution < -0.4 is 22.9 Å². The number of benzene rings is 1. The van der Waals surface area contributed by atoms with Crippen molar-refractivity contribution in [2.24, 2.45) is 0 Å². The predicted octanol–water partition coefficient (Wildman–Crippen LogP) is 0.593. The van der Waals surface area contributed by atoms with Crippen LogP contribution in [0.4, 0.5) is 22.7 Å². The fourth-order valence-electron chi connectivity index (χ4n) is 0.800. The van der Waals surface area contributed by atoms with Crippen LogP contribution in [0.2, 0.25) is 0 Å². The molecule has 0 atom stereocenters. The summed E-state index contributed by atoms with van der Waals surface area (Å²) < 4.78 is 0. The summed E-state index contributed by atoms with van der Waals surface area (Å²) in [6.07, 6.45) is 0. The number of nitrogens with two attached hydrogens (primary N) is 4. The molecule has 0 heterocycles. The molecule has 0 fully saturated rings. The number of thiol groups is 2. The monoisotopic (exact) mass is 202 g/mol. The van der Waals surface area contributed by atoms with Gasteiger partial charge in [0.25, 0.3) is 0 Å². The summed E-state index contributed by atoms with van der Waals surface area (Å²) in [5.41, 5.74) is 23.4. The minimum Gasteiger partial charge on any atom is -0.396 e. The largest absolute Gasteiger partial charge is 0.396 e. The molecule has 0 spiro atoms. The minimum absolute atomic E-state index is 0.260. The molecule has 0 saturated carbocycles. The molecule has 4 nitrogen and oxygen atoms in total. The Labute approximate surface area is 81.1 Å². The van der Waals surface area contributed by atoms with E-state index in [1.165, 1.54) is 0 Å². The van der Waals surface area contributed by atoms with Crippen molar-refractivity contribution in [3.63, 3.8) is 0 Å². The van der Waals surface area contributed by atoms with Crippen molar-refractivity contribution >= 4 is 48.0 Å². The highest BCUT2D eigenvalue weighted by molar-refractivity contribution is 7.83. The van der Waals surface area contributed by atoms with E-state index in [1.807, 2.05) is 0 Å². The van der Waals surface area contributed by atoms with Crippen LogP contribution in [0, 0.1) is 0 Å². The Kier molecular flexibility index (Phi) is 2.20. The van der Waals surface area contributed by atoms with E-state index in [0.29, 0.717) is 21.2 Å². The number of hydrogen-bond donors (Lipinski definition) is 6. The van der Waals surface area contributed by atoms with Gasteiger partial charge in [-0.1, -0.05) is 0 Å². The van der Waals surface area contributed by atoms with Crippen molar-refractivity contribution in [3.8, 4) is 0 Å². The Bertz CT molecular complexity index is 232. The van der Waals surface area contributed by atoms with Crippen molar-refractivity contribution in [1.29, 1.82) is 0 Å². The van der Waals surface area contributed by atoms with Gasteiger partial charge in [-0.2, -0.15) is 0 Å². The topological polar surface area (TPSA) is 104 Å². The smallest absolute Gasteiger partial charge is 0.0815 e. The fourth-order valence-corrected chi connectivity index (χ4v) is 1.28. The number of rotatable bonds is 0. The summed E-state index contributed by atoms with van der Waals surface area (Å²) in [5, 5.41) is 0. The highest BCUT2D eigenvalue weighted by atomic mass is 32.1. The third kappa shape index (κ3) is 1.12. The first-order valence-electron chi connectivity index (χ1n) is 3.10. The van der Waals surface area contributed by atoms with E-state index in [2.05, 4.69) is 25.3 Å². The maximum absolute atomic E-state index is 5.57. The Balaban J connectivity index is 3.60. The van der Waals surface area contributed by atoms with Gasteiger partial charge < -0.3 is 22.9 Å². The van der Waals surface area contributed by atoms with Crippen LogP contribution in [-0.2, 0) is 0 Å². The summed E-state index contributed by atoms with van der Waals surface area (Å²) in [7, 11) is 0. The lowest BCUT2D eigenvalue weighted by molar-refractivity contribution is 1.29. The quantitative estimate of drug-likeness (QED) is 0.274. The van der Waals surface area contributed by atoms with Gasteiger partial charge in [-0.25, -0.2) is 0 Å². The zero-order valence-corrected chi connectivity index (χ0v) is 7.99. The third-order valence-electron chi connectivity index (χ3n) is 1.61. The molecule has 1 aromatic rings. The molecule has 0 saturated heterocycles. The average Bonchev–Trinajstić information content (AvgIpc) is 2.08. The first-order chi connectivity index (χ1) is 5.46. The lowest BCUT2D eigenvalue weighted by atomic mass is 10.2. The standard InChI is InChI=1S/C6H10N4S2/c7-1-2(8)4(10)6(12)5(11)3(1)9/h11-12H,7-10H2. The lowest BCUT2D eigenvalue weighted by Gasteiger charge is -2.12. The summed E-state index contributed by atoms with van der Waals surface area (Å²) in [6, 6.07) is 0. The first kappa shape index (κ1) is 9.21. The third-order valence-corrected chi connectivity index (χ3v) is 2.71. The van der Waals surface area contributed by atoms with Gasteiger partial charge >= 0.3 is 0 Å². The molecule has 0 aliphatic heterocycles. The summed E-state index contributed by atoms with van der Waals surface area (Å²) in [5.74, 6) is 0. The molecular formula is C6H10N4S2. The zero-order chi connectivity index (χ0) is 9.46. The molecule has 0 bridgehead atoms. The molecule has 6 heteroatoms. The zero-order valence-electron chi connectivity index (χ0n) is 6.20. The molecule has 0 amide bonds. The normalized spacial score (nSPS) is 10.2. The maximum Gasteiger partial charge on any atom is 0.0815 e. The van der Waals surface area contributed by atoms with Gasteiger partial charge in [0.1, 0.15) is 0 Å². The van der Waals surface area contributed by atoms with Gasteiger partial charge in [0.05, 0.1) is 22.7 Å². The van der Waals surface area contributed by atoms with Crippen LogP contribution in [0.1, 0.15) is 0 Å². The maximum atomic E-state index is 5.57. The van der Waals surface area contributed by atoms with Gasteiger partial charge in [0, 0.05) is 9.79 Å². The molecule has 0 aliphatic carbocycles. The van der Waals surface area contributed by atoms with Crippen LogP contribution in [0.15, 0.2) is 9.79 Å². The second-order valence-corrected chi connectivity index (χ2v) is 3.25. The van der Waals surface area contributed by atoms with Crippen molar-refractivity contribution in [2.45, 2.75) is 9.79 Å². The van der Waals surface area contributed by atoms with E-state index < -0.39 is 0 Å². The molecule has 8 N–H and O–H groups in total. The molecule has 0 aromatic heterocycles. The first-order valence-corrected chi connectivity index (χ1v) is 4.00. The second-order valence-electron chi connectivity index (χ2n) is 2.35. The van der Waals surface area contributed by atoms with Crippen molar-refractivity contribution in [2.75, 3.05) is 22.9 Å². The Morgan fingerprint density at radius 2 is 0.833 bits per heavy atom. The number of anilines is 4. The molecule has 0 aliphatic rings. The number of nitrogen functional groups attached to an aromatic ring is 4. The van der Waals surface area contributed by atoms with Gasteiger partial charge in [0.2, 0.25) is 0 Å². The van der Waals surface area contributed by atoms with Gasteiger partial charge in [-0.15, -0.1) is 25.3 Å². The minimum atomic E-state index is 0.260. The highest BCUT2D eigenvalue weighted by Gasteiger charge is 2.12. The van der Waals surface area contributed by atoms with Crippen molar-refractivity contribution in [1.82, 2.24) is 0 Å². The highest BCUT2D eigenvalue weighted by Crippen LogP contribution is 2.40. The van der Waals surface area contributed by atoms with Gasteiger partial charge in [-0.05, 0) is 0 Å². The summed E-state index contributed by atoms with van der Waals surface area (Å²) >= 11 is 8.16. The van der Waals surface area contributed by atoms with Crippen molar-refractivity contribution < 1.29 is 0 Å². The molecule has 1 aromatic carbocycles.